The number of hydrogen-bond acceptors (Lipinski definition) is 2. The molecule has 0 spiro atoms. The molecule has 0 N–H and O–H groups in total. The maximum atomic E-state index is 5.98. The van der Waals surface area contributed by atoms with Crippen molar-refractivity contribution < 1.29 is 4.74 Å². The van der Waals surface area contributed by atoms with E-state index in [4.69, 9.17) is 4.74 Å². The van der Waals surface area contributed by atoms with Crippen molar-refractivity contribution in [3.05, 3.63) is 65.9 Å². The lowest BCUT2D eigenvalue weighted by atomic mass is 9.81. The van der Waals surface area contributed by atoms with E-state index in [1.54, 1.807) is 0 Å². The van der Waals surface area contributed by atoms with Crippen LogP contribution in [0.1, 0.15) is 62.5 Å². The molecule has 3 atom stereocenters. The van der Waals surface area contributed by atoms with Gasteiger partial charge in [0.05, 0.1) is 0 Å². The van der Waals surface area contributed by atoms with Gasteiger partial charge in [-0.25, -0.2) is 4.98 Å². The molecule has 27 heavy (non-hydrogen) atoms. The maximum Gasteiger partial charge on any atom is 0.219 e. The standard InChI is InChI=1S/C25H27NO/c1-16(2)22-13-19(23-11-17-8-9-18(23)10-17)12-20-15-26-25(14-24(20)22)27-21-6-4-3-5-7-21/h3-7,12-18,23H,8-11H2,1-2H3. The van der Waals surface area contributed by atoms with Crippen molar-refractivity contribution in [3.8, 4) is 11.6 Å². The van der Waals surface area contributed by atoms with E-state index in [0.29, 0.717) is 11.8 Å². The van der Waals surface area contributed by atoms with E-state index < -0.39 is 0 Å². The van der Waals surface area contributed by atoms with Crippen LogP contribution in [0.2, 0.25) is 0 Å². The number of para-hydroxylation sites is 1. The first-order valence-corrected chi connectivity index (χ1v) is 10.3. The van der Waals surface area contributed by atoms with Crippen LogP contribution in [0.5, 0.6) is 11.6 Å². The molecule has 1 heterocycles. The number of aromatic nitrogens is 1. The van der Waals surface area contributed by atoms with Gasteiger partial charge >= 0.3 is 0 Å². The molecule has 3 unspecified atom stereocenters. The number of rotatable bonds is 4. The highest BCUT2D eigenvalue weighted by Gasteiger charge is 2.40. The van der Waals surface area contributed by atoms with Gasteiger partial charge in [-0.3, -0.25) is 0 Å². The summed E-state index contributed by atoms with van der Waals surface area (Å²) in [4.78, 5) is 4.60. The zero-order valence-electron chi connectivity index (χ0n) is 16.2. The number of benzene rings is 2. The van der Waals surface area contributed by atoms with Gasteiger partial charge in [-0.05, 0) is 77.6 Å². The Kier molecular flexibility index (Phi) is 4.15. The molecule has 3 aromatic rings. The molecule has 1 aromatic heterocycles. The molecule has 2 aliphatic rings. The summed E-state index contributed by atoms with van der Waals surface area (Å²) in [5, 5.41) is 2.53. The van der Waals surface area contributed by atoms with Crippen molar-refractivity contribution in [2.75, 3.05) is 0 Å². The molecule has 0 radical (unpaired) electrons. The molecular weight excluding hydrogens is 330 g/mol. The van der Waals surface area contributed by atoms with Crippen LogP contribution in [0.15, 0.2) is 54.7 Å². The van der Waals surface area contributed by atoms with Gasteiger partial charge in [0.1, 0.15) is 5.75 Å². The molecule has 5 rings (SSSR count). The van der Waals surface area contributed by atoms with Crippen LogP contribution >= 0.6 is 0 Å². The summed E-state index contributed by atoms with van der Waals surface area (Å²) in [5.41, 5.74) is 2.96. The number of fused-ring (bicyclic) bond motifs is 3. The largest absolute Gasteiger partial charge is 0.439 e. The highest BCUT2D eigenvalue weighted by atomic mass is 16.5. The van der Waals surface area contributed by atoms with E-state index in [1.807, 2.05) is 36.5 Å². The fourth-order valence-electron chi connectivity index (χ4n) is 5.30. The Bertz CT molecular complexity index is 963. The van der Waals surface area contributed by atoms with Crippen molar-refractivity contribution in [2.45, 2.75) is 51.4 Å². The molecular formula is C25H27NO. The number of pyridine rings is 1. The Labute approximate surface area is 161 Å². The summed E-state index contributed by atoms with van der Waals surface area (Å²) in [6.07, 6.45) is 7.70. The van der Waals surface area contributed by atoms with Gasteiger partial charge in [-0.1, -0.05) is 44.5 Å². The van der Waals surface area contributed by atoms with Gasteiger partial charge < -0.3 is 4.74 Å². The Morgan fingerprint density at radius 2 is 1.85 bits per heavy atom. The lowest BCUT2D eigenvalue weighted by molar-refractivity contribution is 0.420. The molecule has 138 valence electrons. The molecule has 0 aliphatic heterocycles. The van der Waals surface area contributed by atoms with Crippen LogP contribution in [0, 0.1) is 11.8 Å². The molecule has 2 heteroatoms. The second kappa shape index (κ2) is 6.67. The lowest BCUT2D eigenvalue weighted by Crippen LogP contribution is -2.09. The molecule has 0 amide bonds. The van der Waals surface area contributed by atoms with E-state index in [-0.39, 0.29) is 0 Å². The average Bonchev–Trinajstić information content (AvgIpc) is 3.31. The minimum atomic E-state index is 0.484. The summed E-state index contributed by atoms with van der Waals surface area (Å²) in [6, 6.07) is 16.9. The van der Waals surface area contributed by atoms with Crippen LogP contribution in [0.25, 0.3) is 10.8 Å². The molecule has 0 saturated heterocycles. The van der Waals surface area contributed by atoms with Gasteiger partial charge in [-0.2, -0.15) is 0 Å². The van der Waals surface area contributed by atoms with Gasteiger partial charge in [0.2, 0.25) is 5.88 Å². The highest BCUT2D eigenvalue weighted by Crippen LogP contribution is 2.53. The Hall–Kier alpha value is -2.35. The molecule has 2 saturated carbocycles. The number of ether oxygens (including phenoxy) is 1. The average molecular weight is 357 g/mol. The predicted octanol–water partition coefficient (Wildman–Crippen LogP) is 7.05. The fraction of sp³-hybridized carbons (Fsp3) is 0.400. The van der Waals surface area contributed by atoms with Gasteiger partial charge in [0.15, 0.2) is 0 Å². The first-order valence-electron chi connectivity index (χ1n) is 10.3. The summed E-state index contributed by atoms with van der Waals surface area (Å²) < 4.78 is 5.98. The second-order valence-corrected chi connectivity index (χ2v) is 8.70. The zero-order valence-corrected chi connectivity index (χ0v) is 16.2. The van der Waals surface area contributed by atoms with E-state index in [0.717, 1.165) is 23.5 Å². The van der Waals surface area contributed by atoms with E-state index in [9.17, 15) is 0 Å². The highest BCUT2D eigenvalue weighted by molar-refractivity contribution is 5.87. The van der Waals surface area contributed by atoms with Crippen LogP contribution in [0.3, 0.4) is 0 Å². The molecule has 2 nitrogen and oxygen atoms in total. The summed E-state index contributed by atoms with van der Waals surface area (Å²) in [7, 11) is 0. The van der Waals surface area contributed by atoms with E-state index >= 15 is 0 Å². The Morgan fingerprint density at radius 3 is 2.56 bits per heavy atom. The Morgan fingerprint density at radius 1 is 1.00 bits per heavy atom. The molecule has 2 bridgehead atoms. The Balaban J connectivity index is 1.54. The first-order chi connectivity index (χ1) is 13.2. The maximum absolute atomic E-state index is 5.98. The van der Waals surface area contributed by atoms with Crippen molar-refractivity contribution in [1.29, 1.82) is 0 Å². The SMILES string of the molecule is CC(C)c1cc(C2CC3CCC2C3)cc2cnc(Oc3ccccc3)cc12. The number of nitrogens with zero attached hydrogens (tertiary/aromatic N) is 1. The van der Waals surface area contributed by atoms with Crippen LogP contribution in [0.4, 0.5) is 0 Å². The minimum absolute atomic E-state index is 0.484. The lowest BCUT2D eigenvalue weighted by Gasteiger charge is -2.24. The number of hydrogen-bond donors (Lipinski definition) is 0. The van der Waals surface area contributed by atoms with Crippen LogP contribution in [-0.4, -0.2) is 4.98 Å². The topological polar surface area (TPSA) is 22.1 Å². The van der Waals surface area contributed by atoms with Crippen molar-refractivity contribution in [1.82, 2.24) is 4.98 Å². The summed E-state index contributed by atoms with van der Waals surface area (Å²) in [6.45, 7) is 4.58. The van der Waals surface area contributed by atoms with Gasteiger partial charge in [0, 0.05) is 17.6 Å². The quantitative estimate of drug-likeness (QED) is 0.499. The smallest absolute Gasteiger partial charge is 0.219 e. The second-order valence-electron chi connectivity index (χ2n) is 8.70. The monoisotopic (exact) mass is 357 g/mol. The molecule has 2 aliphatic carbocycles. The first kappa shape index (κ1) is 16.8. The third kappa shape index (κ3) is 3.12. The normalized spacial score (nSPS) is 24.0. The summed E-state index contributed by atoms with van der Waals surface area (Å²) in [5.74, 6) is 4.61. The minimum Gasteiger partial charge on any atom is -0.439 e. The van der Waals surface area contributed by atoms with Crippen LogP contribution < -0.4 is 4.74 Å². The molecule has 2 fully saturated rings. The molecule has 2 aromatic carbocycles. The van der Waals surface area contributed by atoms with E-state index in [1.165, 1.54) is 47.6 Å². The van der Waals surface area contributed by atoms with Crippen molar-refractivity contribution >= 4 is 10.8 Å². The zero-order chi connectivity index (χ0) is 18.4. The summed E-state index contributed by atoms with van der Waals surface area (Å²) >= 11 is 0. The van der Waals surface area contributed by atoms with Crippen molar-refractivity contribution in [3.63, 3.8) is 0 Å². The van der Waals surface area contributed by atoms with E-state index in [2.05, 4.69) is 37.0 Å². The fourth-order valence-corrected chi connectivity index (χ4v) is 5.30. The van der Waals surface area contributed by atoms with Crippen molar-refractivity contribution in [2.24, 2.45) is 11.8 Å². The predicted molar refractivity (Wildman–Crippen MR) is 111 cm³/mol. The van der Waals surface area contributed by atoms with Gasteiger partial charge in [-0.15, -0.1) is 0 Å². The third-order valence-corrected chi connectivity index (χ3v) is 6.62. The van der Waals surface area contributed by atoms with Crippen LogP contribution in [-0.2, 0) is 0 Å². The third-order valence-electron chi connectivity index (χ3n) is 6.62. The van der Waals surface area contributed by atoms with Gasteiger partial charge in [0.25, 0.3) is 0 Å².